The van der Waals surface area contributed by atoms with E-state index in [9.17, 15) is 0 Å². The van der Waals surface area contributed by atoms with E-state index in [1.807, 2.05) is 30.3 Å². The molecule has 26 heavy (non-hydrogen) atoms. The zero-order valence-corrected chi connectivity index (χ0v) is 15.2. The smallest absolute Gasteiger partial charge is 0.130 e. The highest BCUT2D eigenvalue weighted by molar-refractivity contribution is 6.30. The molecule has 0 spiro atoms. The molecule has 1 unspecified atom stereocenters. The van der Waals surface area contributed by atoms with Crippen molar-refractivity contribution < 1.29 is 0 Å². The standard InChI is InChI=1S/C21H21ClN4/c22-17-9-10-19(24-14-17)15-26-12-4-7-20(26)16-5-3-6-18(13-16)25-21-8-1-2-11-23-21/h1-3,5-6,8-11,13-14,20H,4,7,12,15H2,(H,23,25). The van der Waals surface area contributed by atoms with E-state index >= 15 is 0 Å². The van der Waals surface area contributed by atoms with Crippen molar-refractivity contribution >= 4 is 23.1 Å². The SMILES string of the molecule is Clc1ccc(CN2CCCC2c2cccc(Nc3ccccn3)c2)nc1. The normalized spacial score (nSPS) is 17.3. The van der Waals surface area contributed by atoms with Crippen molar-refractivity contribution in [3.63, 3.8) is 0 Å². The van der Waals surface area contributed by atoms with Crippen LogP contribution in [0.4, 0.5) is 11.5 Å². The predicted molar refractivity (Wildman–Crippen MR) is 106 cm³/mol. The lowest BCUT2D eigenvalue weighted by molar-refractivity contribution is 0.245. The molecule has 1 saturated heterocycles. The van der Waals surface area contributed by atoms with E-state index in [1.165, 1.54) is 18.4 Å². The Labute approximate surface area is 158 Å². The number of likely N-dealkylation sites (tertiary alicyclic amines) is 1. The average Bonchev–Trinajstić information content (AvgIpc) is 3.13. The number of nitrogens with zero attached hydrogens (tertiary/aromatic N) is 3. The molecule has 4 nitrogen and oxygen atoms in total. The van der Waals surface area contributed by atoms with Crippen LogP contribution in [0.3, 0.4) is 0 Å². The van der Waals surface area contributed by atoms with Crippen LogP contribution in [-0.2, 0) is 6.54 Å². The maximum Gasteiger partial charge on any atom is 0.130 e. The predicted octanol–water partition coefficient (Wildman–Crippen LogP) is 5.21. The van der Waals surface area contributed by atoms with Gasteiger partial charge in [0.05, 0.1) is 10.7 Å². The molecule has 1 N–H and O–H groups in total. The first-order chi connectivity index (χ1) is 12.8. The lowest BCUT2D eigenvalue weighted by Crippen LogP contribution is -2.23. The van der Waals surface area contributed by atoms with E-state index in [-0.39, 0.29) is 0 Å². The Balaban J connectivity index is 1.50. The summed E-state index contributed by atoms with van der Waals surface area (Å²) in [6, 6.07) is 18.8. The summed E-state index contributed by atoms with van der Waals surface area (Å²) in [5.74, 6) is 0.860. The van der Waals surface area contributed by atoms with Crippen LogP contribution in [0.5, 0.6) is 0 Å². The third-order valence-electron chi connectivity index (χ3n) is 4.73. The minimum Gasteiger partial charge on any atom is -0.340 e. The van der Waals surface area contributed by atoms with Crippen LogP contribution in [0.2, 0.25) is 5.02 Å². The van der Waals surface area contributed by atoms with Crippen LogP contribution in [-0.4, -0.2) is 21.4 Å². The fourth-order valence-corrected chi connectivity index (χ4v) is 3.62. The van der Waals surface area contributed by atoms with Gasteiger partial charge in [-0.05, 0) is 61.3 Å². The molecule has 2 aromatic heterocycles. The number of nitrogens with one attached hydrogen (secondary N) is 1. The average molecular weight is 365 g/mol. The molecular weight excluding hydrogens is 344 g/mol. The lowest BCUT2D eigenvalue weighted by atomic mass is 10.0. The largest absolute Gasteiger partial charge is 0.340 e. The first-order valence-electron chi connectivity index (χ1n) is 8.90. The molecule has 1 aromatic carbocycles. The number of halogens is 1. The third kappa shape index (κ3) is 4.03. The highest BCUT2D eigenvalue weighted by Crippen LogP contribution is 2.34. The molecule has 3 aromatic rings. The van der Waals surface area contributed by atoms with Gasteiger partial charge in [-0.15, -0.1) is 0 Å². The van der Waals surface area contributed by atoms with E-state index in [0.29, 0.717) is 11.1 Å². The summed E-state index contributed by atoms with van der Waals surface area (Å²) in [5, 5.41) is 4.06. The molecule has 0 radical (unpaired) electrons. The van der Waals surface area contributed by atoms with Gasteiger partial charge in [0, 0.05) is 30.7 Å². The molecular formula is C21H21ClN4. The molecule has 0 amide bonds. The zero-order chi connectivity index (χ0) is 17.8. The molecule has 0 saturated carbocycles. The fourth-order valence-electron chi connectivity index (χ4n) is 3.51. The van der Waals surface area contributed by atoms with Crippen LogP contribution < -0.4 is 5.32 Å². The van der Waals surface area contributed by atoms with Gasteiger partial charge >= 0.3 is 0 Å². The van der Waals surface area contributed by atoms with E-state index in [4.69, 9.17) is 11.6 Å². The van der Waals surface area contributed by atoms with Gasteiger partial charge in [0.1, 0.15) is 5.82 Å². The molecule has 4 rings (SSSR count). The quantitative estimate of drug-likeness (QED) is 0.674. The molecule has 0 aliphatic carbocycles. The molecule has 132 valence electrons. The Hall–Kier alpha value is -2.43. The number of anilines is 2. The number of hydrogen-bond donors (Lipinski definition) is 1. The number of pyridine rings is 2. The van der Waals surface area contributed by atoms with Gasteiger partial charge in [0.25, 0.3) is 0 Å². The van der Waals surface area contributed by atoms with Crippen LogP contribution in [0, 0.1) is 0 Å². The summed E-state index contributed by atoms with van der Waals surface area (Å²) in [4.78, 5) is 11.3. The number of hydrogen-bond acceptors (Lipinski definition) is 4. The Morgan fingerprint density at radius 1 is 1.08 bits per heavy atom. The van der Waals surface area contributed by atoms with Gasteiger partial charge in [-0.1, -0.05) is 29.8 Å². The molecule has 5 heteroatoms. The molecule has 1 aliphatic rings. The van der Waals surface area contributed by atoms with Crippen LogP contribution >= 0.6 is 11.6 Å². The lowest BCUT2D eigenvalue weighted by Gasteiger charge is -2.25. The number of rotatable bonds is 5. The van der Waals surface area contributed by atoms with Crippen LogP contribution in [0.15, 0.2) is 67.0 Å². The van der Waals surface area contributed by atoms with Gasteiger partial charge < -0.3 is 5.32 Å². The number of aromatic nitrogens is 2. The molecule has 1 aliphatic heterocycles. The second-order valence-electron chi connectivity index (χ2n) is 6.56. The minimum absolute atomic E-state index is 0.415. The first-order valence-corrected chi connectivity index (χ1v) is 9.28. The fraction of sp³-hybridized carbons (Fsp3) is 0.238. The molecule has 1 fully saturated rings. The van der Waals surface area contributed by atoms with Gasteiger partial charge in [0.15, 0.2) is 0 Å². The van der Waals surface area contributed by atoms with Gasteiger partial charge in [0.2, 0.25) is 0 Å². The molecule has 0 bridgehead atoms. The van der Waals surface area contributed by atoms with Crippen LogP contribution in [0.1, 0.15) is 30.1 Å². The van der Waals surface area contributed by atoms with Crippen molar-refractivity contribution in [1.82, 2.24) is 14.9 Å². The maximum absolute atomic E-state index is 5.95. The minimum atomic E-state index is 0.415. The van der Waals surface area contributed by atoms with E-state index in [2.05, 4.69) is 44.5 Å². The molecule has 3 heterocycles. The number of benzene rings is 1. The van der Waals surface area contributed by atoms with Gasteiger partial charge in [-0.25, -0.2) is 4.98 Å². The van der Waals surface area contributed by atoms with Crippen molar-refractivity contribution in [1.29, 1.82) is 0 Å². The van der Waals surface area contributed by atoms with Crippen LogP contribution in [0.25, 0.3) is 0 Å². The van der Waals surface area contributed by atoms with Gasteiger partial charge in [-0.2, -0.15) is 0 Å². The van der Waals surface area contributed by atoms with Crippen molar-refractivity contribution in [2.45, 2.75) is 25.4 Å². The maximum atomic E-state index is 5.95. The second kappa shape index (κ2) is 7.85. The monoisotopic (exact) mass is 364 g/mol. The summed E-state index contributed by atoms with van der Waals surface area (Å²) in [6.45, 7) is 1.94. The Kier molecular flexibility index (Phi) is 5.14. The van der Waals surface area contributed by atoms with Gasteiger partial charge in [-0.3, -0.25) is 9.88 Å². The summed E-state index contributed by atoms with van der Waals surface area (Å²) in [5.41, 5.74) is 3.46. The summed E-state index contributed by atoms with van der Waals surface area (Å²) < 4.78 is 0. The Morgan fingerprint density at radius 2 is 2.04 bits per heavy atom. The Morgan fingerprint density at radius 3 is 2.85 bits per heavy atom. The Bertz CT molecular complexity index is 851. The zero-order valence-electron chi connectivity index (χ0n) is 14.5. The van der Waals surface area contributed by atoms with E-state index < -0.39 is 0 Å². The van der Waals surface area contributed by atoms with Crippen molar-refractivity contribution in [2.24, 2.45) is 0 Å². The van der Waals surface area contributed by atoms with E-state index in [0.717, 1.165) is 30.3 Å². The van der Waals surface area contributed by atoms with Crippen molar-refractivity contribution in [3.8, 4) is 0 Å². The van der Waals surface area contributed by atoms with E-state index in [1.54, 1.807) is 12.4 Å². The summed E-state index contributed by atoms with van der Waals surface area (Å²) >= 11 is 5.95. The molecule has 1 atom stereocenters. The highest BCUT2D eigenvalue weighted by atomic mass is 35.5. The first kappa shape index (κ1) is 17.0. The summed E-state index contributed by atoms with van der Waals surface area (Å²) in [7, 11) is 0. The van der Waals surface area contributed by atoms with Crippen molar-refractivity contribution in [3.05, 3.63) is 83.3 Å². The topological polar surface area (TPSA) is 41.0 Å². The third-order valence-corrected chi connectivity index (χ3v) is 4.95. The second-order valence-corrected chi connectivity index (χ2v) is 7.00. The highest BCUT2D eigenvalue weighted by Gasteiger charge is 2.26. The van der Waals surface area contributed by atoms with Crippen molar-refractivity contribution in [2.75, 3.05) is 11.9 Å². The summed E-state index contributed by atoms with van der Waals surface area (Å²) in [6.07, 6.45) is 5.89.